The van der Waals surface area contributed by atoms with Gasteiger partial charge in [0.15, 0.2) is 0 Å². The van der Waals surface area contributed by atoms with Crippen molar-refractivity contribution in [3.05, 3.63) is 54.0 Å². The molecule has 0 amide bonds. The fourth-order valence-corrected chi connectivity index (χ4v) is 2.62. The van der Waals surface area contributed by atoms with Crippen molar-refractivity contribution in [2.24, 2.45) is 5.73 Å². The van der Waals surface area contributed by atoms with Crippen LogP contribution in [0.15, 0.2) is 47.1 Å². The number of hydrogen-bond donors (Lipinski definition) is 1. The zero-order valence-corrected chi connectivity index (χ0v) is 10.2. The summed E-state index contributed by atoms with van der Waals surface area (Å²) >= 11 is 0. The van der Waals surface area contributed by atoms with Crippen molar-refractivity contribution in [3.8, 4) is 5.75 Å². The second-order valence-corrected chi connectivity index (χ2v) is 4.73. The third-order valence-corrected chi connectivity index (χ3v) is 3.54. The first-order chi connectivity index (χ1) is 8.84. The summed E-state index contributed by atoms with van der Waals surface area (Å²) in [7, 11) is 0. The minimum absolute atomic E-state index is 0.0706. The maximum absolute atomic E-state index is 6.34. The number of furan rings is 1. The molecule has 0 saturated heterocycles. The molecule has 2 heterocycles. The van der Waals surface area contributed by atoms with E-state index in [4.69, 9.17) is 14.9 Å². The van der Waals surface area contributed by atoms with Crippen LogP contribution in [0, 0.1) is 0 Å². The van der Waals surface area contributed by atoms with Crippen molar-refractivity contribution in [2.45, 2.75) is 24.8 Å². The number of benzene rings is 1. The van der Waals surface area contributed by atoms with Crippen LogP contribution in [0.4, 0.5) is 0 Å². The van der Waals surface area contributed by atoms with E-state index in [0.29, 0.717) is 5.92 Å². The van der Waals surface area contributed by atoms with Crippen LogP contribution in [0.1, 0.15) is 23.7 Å². The normalized spacial score (nSPS) is 19.9. The van der Waals surface area contributed by atoms with E-state index in [2.05, 4.69) is 6.07 Å². The van der Waals surface area contributed by atoms with Gasteiger partial charge < -0.3 is 14.9 Å². The quantitative estimate of drug-likeness (QED) is 0.901. The fourth-order valence-electron chi connectivity index (χ4n) is 2.62. The van der Waals surface area contributed by atoms with Crippen molar-refractivity contribution >= 4 is 0 Å². The van der Waals surface area contributed by atoms with Crippen LogP contribution in [0.5, 0.6) is 5.75 Å². The van der Waals surface area contributed by atoms with Gasteiger partial charge >= 0.3 is 0 Å². The molecule has 1 aliphatic heterocycles. The zero-order chi connectivity index (χ0) is 12.4. The lowest BCUT2D eigenvalue weighted by Gasteiger charge is -2.29. The second kappa shape index (κ2) is 4.86. The summed E-state index contributed by atoms with van der Waals surface area (Å²) in [6, 6.07) is 12.1. The Bertz CT molecular complexity index is 507. The van der Waals surface area contributed by atoms with Gasteiger partial charge in [0.2, 0.25) is 0 Å². The Kier molecular flexibility index (Phi) is 3.07. The van der Waals surface area contributed by atoms with Gasteiger partial charge in [0.1, 0.15) is 11.5 Å². The molecule has 0 aliphatic carbocycles. The summed E-state index contributed by atoms with van der Waals surface area (Å²) in [5.74, 6) is 2.27. The zero-order valence-electron chi connectivity index (χ0n) is 10.2. The monoisotopic (exact) mass is 243 g/mol. The van der Waals surface area contributed by atoms with Crippen LogP contribution >= 0.6 is 0 Å². The lowest BCUT2D eigenvalue weighted by molar-refractivity contribution is 0.252. The summed E-state index contributed by atoms with van der Waals surface area (Å²) in [4.78, 5) is 0. The third-order valence-electron chi connectivity index (χ3n) is 3.54. The van der Waals surface area contributed by atoms with Crippen LogP contribution in [0.2, 0.25) is 0 Å². The molecule has 2 N–H and O–H groups in total. The van der Waals surface area contributed by atoms with Crippen LogP contribution < -0.4 is 10.5 Å². The lowest BCUT2D eigenvalue weighted by atomic mass is 9.85. The molecule has 94 valence electrons. The van der Waals surface area contributed by atoms with Gasteiger partial charge in [-0.15, -0.1) is 0 Å². The Morgan fingerprint density at radius 2 is 2.11 bits per heavy atom. The van der Waals surface area contributed by atoms with Crippen molar-refractivity contribution in [3.63, 3.8) is 0 Å². The number of nitrogens with two attached hydrogens (primary N) is 1. The highest BCUT2D eigenvalue weighted by Gasteiger charge is 2.27. The minimum atomic E-state index is 0.0706. The topological polar surface area (TPSA) is 48.4 Å². The van der Waals surface area contributed by atoms with Gasteiger partial charge in [-0.05, 0) is 30.2 Å². The predicted molar refractivity (Wildman–Crippen MR) is 69.7 cm³/mol. The molecule has 2 unspecified atom stereocenters. The van der Waals surface area contributed by atoms with Crippen LogP contribution in [-0.2, 0) is 6.42 Å². The van der Waals surface area contributed by atoms with Gasteiger partial charge in [0, 0.05) is 18.4 Å². The Morgan fingerprint density at radius 1 is 1.22 bits per heavy atom. The number of hydrogen-bond acceptors (Lipinski definition) is 3. The number of ether oxygens (including phenoxy) is 1. The molecule has 3 nitrogen and oxygen atoms in total. The first-order valence-electron chi connectivity index (χ1n) is 6.34. The summed E-state index contributed by atoms with van der Waals surface area (Å²) in [5, 5.41) is 0. The van der Waals surface area contributed by atoms with Gasteiger partial charge in [-0.3, -0.25) is 0 Å². The summed E-state index contributed by atoms with van der Waals surface area (Å²) < 4.78 is 11.0. The SMILES string of the molecule is NC(Cc1ccco1)C1CCOc2ccccc21. The average Bonchev–Trinajstić information content (AvgIpc) is 2.91. The Morgan fingerprint density at radius 3 is 2.94 bits per heavy atom. The van der Waals surface area contributed by atoms with E-state index in [-0.39, 0.29) is 6.04 Å². The van der Waals surface area contributed by atoms with E-state index >= 15 is 0 Å². The van der Waals surface area contributed by atoms with Gasteiger partial charge in [-0.25, -0.2) is 0 Å². The maximum Gasteiger partial charge on any atom is 0.122 e. The lowest BCUT2D eigenvalue weighted by Crippen LogP contribution is -2.33. The maximum atomic E-state index is 6.34. The van der Waals surface area contributed by atoms with Crippen molar-refractivity contribution in [1.82, 2.24) is 0 Å². The summed E-state index contributed by atoms with van der Waals surface area (Å²) in [6.07, 6.45) is 3.44. The van der Waals surface area contributed by atoms with Gasteiger partial charge in [-0.2, -0.15) is 0 Å². The second-order valence-electron chi connectivity index (χ2n) is 4.73. The van der Waals surface area contributed by atoms with E-state index < -0.39 is 0 Å². The first-order valence-corrected chi connectivity index (χ1v) is 6.34. The standard InChI is InChI=1S/C15H17NO2/c16-14(10-11-4-3-8-17-11)12-7-9-18-15-6-2-1-5-13(12)15/h1-6,8,12,14H,7,9-10,16H2. The molecule has 1 aromatic heterocycles. The van der Waals surface area contributed by atoms with Gasteiger partial charge in [0.05, 0.1) is 12.9 Å². The Labute approximate surface area is 107 Å². The molecule has 18 heavy (non-hydrogen) atoms. The molecule has 0 fully saturated rings. The molecule has 3 rings (SSSR count). The first kappa shape index (κ1) is 11.4. The van der Waals surface area contributed by atoms with E-state index in [0.717, 1.165) is 31.0 Å². The highest BCUT2D eigenvalue weighted by atomic mass is 16.5. The number of fused-ring (bicyclic) bond motifs is 1. The Balaban J connectivity index is 1.80. The van der Waals surface area contributed by atoms with Gasteiger partial charge in [-0.1, -0.05) is 18.2 Å². The predicted octanol–water partition coefficient (Wildman–Crippen LogP) is 2.72. The molecular weight excluding hydrogens is 226 g/mol. The smallest absolute Gasteiger partial charge is 0.122 e. The van der Waals surface area contributed by atoms with E-state index in [1.165, 1.54) is 5.56 Å². The molecule has 0 saturated carbocycles. The number of rotatable bonds is 3. The largest absolute Gasteiger partial charge is 0.493 e. The van der Waals surface area contributed by atoms with E-state index in [9.17, 15) is 0 Å². The highest BCUT2D eigenvalue weighted by molar-refractivity contribution is 5.38. The minimum Gasteiger partial charge on any atom is -0.493 e. The highest BCUT2D eigenvalue weighted by Crippen LogP contribution is 2.35. The van der Waals surface area contributed by atoms with Gasteiger partial charge in [0.25, 0.3) is 0 Å². The molecule has 1 aliphatic rings. The average molecular weight is 243 g/mol. The van der Waals surface area contributed by atoms with Crippen LogP contribution in [-0.4, -0.2) is 12.6 Å². The molecule has 0 bridgehead atoms. The summed E-state index contributed by atoms with van der Waals surface area (Å²) in [5.41, 5.74) is 7.56. The fraction of sp³-hybridized carbons (Fsp3) is 0.333. The van der Waals surface area contributed by atoms with Crippen molar-refractivity contribution in [2.75, 3.05) is 6.61 Å². The van der Waals surface area contributed by atoms with Crippen LogP contribution in [0.25, 0.3) is 0 Å². The Hall–Kier alpha value is -1.74. The van der Waals surface area contributed by atoms with E-state index in [1.54, 1.807) is 6.26 Å². The van der Waals surface area contributed by atoms with Crippen molar-refractivity contribution < 1.29 is 9.15 Å². The number of para-hydroxylation sites is 1. The van der Waals surface area contributed by atoms with Crippen molar-refractivity contribution in [1.29, 1.82) is 0 Å². The third kappa shape index (κ3) is 2.14. The molecule has 1 aromatic carbocycles. The molecule has 0 radical (unpaired) electrons. The molecule has 2 atom stereocenters. The molecule has 0 spiro atoms. The van der Waals surface area contributed by atoms with Crippen LogP contribution in [0.3, 0.4) is 0 Å². The van der Waals surface area contributed by atoms with E-state index in [1.807, 2.05) is 30.3 Å². The molecule has 3 heteroatoms. The summed E-state index contributed by atoms with van der Waals surface area (Å²) in [6.45, 7) is 0.744. The molecule has 2 aromatic rings. The molecular formula is C15H17NO2.